The monoisotopic (exact) mass is 256 g/mol. The molecule has 0 spiro atoms. The van der Waals surface area contributed by atoms with Gasteiger partial charge in [0, 0.05) is 30.4 Å². The second-order valence-corrected chi connectivity index (χ2v) is 5.51. The molecule has 0 saturated carbocycles. The van der Waals surface area contributed by atoms with E-state index in [9.17, 15) is 0 Å². The normalized spacial score (nSPS) is 27.5. The van der Waals surface area contributed by atoms with E-state index in [-0.39, 0.29) is 0 Å². The zero-order valence-corrected chi connectivity index (χ0v) is 11.2. The topological polar surface area (TPSA) is 52.0 Å². The van der Waals surface area contributed by atoms with E-state index in [4.69, 9.17) is 5.26 Å². The second kappa shape index (κ2) is 5.68. The Morgan fingerprint density at radius 3 is 3.16 bits per heavy atom. The lowest BCUT2D eigenvalue weighted by atomic mass is 10.0. The first kappa shape index (κ1) is 12.6. The zero-order valence-electron chi connectivity index (χ0n) is 11.2. The summed E-state index contributed by atoms with van der Waals surface area (Å²) < 4.78 is 0. The molecule has 3 heterocycles. The number of nitrogens with one attached hydrogen (secondary N) is 1. The molecule has 4 heteroatoms. The summed E-state index contributed by atoms with van der Waals surface area (Å²) in [4.78, 5) is 6.69. The van der Waals surface area contributed by atoms with Gasteiger partial charge in [-0.1, -0.05) is 6.07 Å². The van der Waals surface area contributed by atoms with Crippen LogP contribution in [0.4, 0.5) is 0 Å². The van der Waals surface area contributed by atoms with Gasteiger partial charge in [-0.2, -0.15) is 5.26 Å². The molecule has 1 aromatic heterocycles. The predicted octanol–water partition coefficient (Wildman–Crippen LogP) is 1.67. The molecule has 4 nitrogen and oxygen atoms in total. The highest BCUT2D eigenvalue weighted by molar-refractivity contribution is 5.30. The van der Waals surface area contributed by atoms with E-state index in [2.05, 4.69) is 21.3 Å². The summed E-state index contributed by atoms with van der Waals surface area (Å²) in [5.41, 5.74) is 1.64. The third-order valence-corrected chi connectivity index (χ3v) is 4.35. The number of nitrogens with zero attached hydrogens (tertiary/aromatic N) is 3. The molecule has 2 atom stereocenters. The van der Waals surface area contributed by atoms with E-state index in [1.807, 2.05) is 12.1 Å². The van der Waals surface area contributed by atoms with Gasteiger partial charge in [0.25, 0.3) is 0 Å². The molecule has 2 saturated heterocycles. The lowest BCUT2D eigenvalue weighted by Crippen LogP contribution is -2.43. The van der Waals surface area contributed by atoms with Crippen LogP contribution in [0.25, 0.3) is 0 Å². The first-order valence-corrected chi connectivity index (χ1v) is 7.20. The minimum atomic E-state index is 0.576. The molecule has 1 aromatic rings. The maximum absolute atomic E-state index is 9.13. The molecule has 1 N–H and O–H groups in total. The molecule has 2 fully saturated rings. The average Bonchev–Trinajstić information content (AvgIpc) is 3.09. The van der Waals surface area contributed by atoms with E-state index in [0.717, 1.165) is 25.2 Å². The maximum atomic E-state index is 9.13. The highest BCUT2D eigenvalue weighted by Crippen LogP contribution is 2.26. The summed E-state index contributed by atoms with van der Waals surface area (Å²) in [6, 6.07) is 7.43. The smallest absolute Gasteiger partial charge is 0.144 e. The molecule has 3 rings (SSSR count). The number of hydrogen-bond acceptors (Lipinski definition) is 4. The standard InChI is InChI=1S/C15H20N4/c16-10-14-12(4-1-7-18-14)11-19-9-3-6-15(19)13-5-2-8-17-13/h1,4,7,13,15,17H,2-3,5-6,8-9,11H2. The summed E-state index contributed by atoms with van der Waals surface area (Å²) in [6.07, 6.45) is 6.83. The van der Waals surface area contributed by atoms with Crippen LogP contribution in [-0.2, 0) is 6.54 Å². The first-order chi connectivity index (χ1) is 9.38. The van der Waals surface area contributed by atoms with Gasteiger partial charge in [-0.3, -0.25) is 4.90 Å². The van der Waals surface area contributed by atoms with Crippen molar-refractivity contribution in [1.82, 2.24) is 15.2 Å². The fraction of sp³-hybridized carbons (Fsp3) is 0.600. The molecule has 2 unspecified atom stereocenters. The van der Waals surface area contributed by atoms with Crippen LogP contribution in [0.15, 0.2) is 18.3 Å². The van der Waals surface area contributed by atoms with Crippen molar-refractivity contribution in [2.75, 3.05) is 13.1 Å². The molecule has 19 heavy (non-hydrogen) atoms. The van der Waals surface area contributed by atoms with Gasteiger partial charge >= 0.3 is 0 Å². The third-order valence-electron chi connectivity index (χ3n) is 4.35. The summed E-state index contributed by atoms with van der Waals surface area (Å²) >= 11 is 0. The van der Waals surface area contributed by atoms with Gasteiger partial charge in [0.05, 0.1) is 0 Å². The minimum absolute atomic E-state index is 0.576. The van der Waals surface area contributed by atoms with E-state index >= 15 is 0 Å². The molecule has 100 valence electrons. The number of pyridine rings is 1. The molecular formula is C15H20N4. The predicted molar refractivity (Wildman–Crippen MR) is 73.4 cm³/mol. The second-order valence-electron chi connectivity index (χ2n) is 5.51. The molecule has 0 radical (unpaired) electrons. The van der Waals surface area contributed by atoms with Crippen molar-refractivity contribution in [2.45, 2.75) is 44.3 Å². The number of nitriles is 1. The van der Waals surface area contributed by atoms with Gasteiger partial charge in [0.15, 0.2) is 0 Å². The van der Waals surface area contributed by atoms with Crippen LogP contribution in [0.5, 0.6) is 0 Å². The van der Waals surface area contributed by atoms with Crippen LogP contribution in [0.1, 0.15) is 36.9 Å². The molecule has 2 aliphatic rings. The Hall–Kier alpha value is -1.44. The van der Waals surface area contributed by atoms with Crippen LogP contribution < -0.4 is 5.32 Å². The zero-order chi connectivity index (χ0) is 13.1. The summed E-state index contributed by atoms with van der Waals surface area (Å²) in [6.45, 7) is 3.16. The van der Waals surface area contributed by atoms with Crippen molar-refractivity contribution in [3.8, 4) is 6.07 Å². The van der Waals surface area contributed by atoms with Gasteiger partial charge < -0.3 is 5.32 Å². The number of likely N-dealkylation sites (tertiary alicyclic amines) is 1. The van der Waals surface area contributed by atoms with E-state index in [0.29, 0.717) is 17.8 Å². The summed E-state index contributed by atoms with van der Waals surface area (Å²) in [7, 11) is 0. The first-order valence-electron chi connectivity index (χ1n) is 7.20. The van der Waals surface area contributed by atoms with Gasteiger partial charge in [-0.05, 0) is 44.8 Å². The molecule has 0 bridgehead atoms. The van der Waals surface area contributed by atoms with Gasteiger partial charge in [0.2, 0.25) is 0 Å². The van der Waals surface area contributed by atoms with Crippen LogP contribution >= 0.6 is 0 Å². The van der Waals surface area contributed by atoms with Crippen LogP contribution in [0.2, 0.25) is 0 Å². The van der Waals surface area contributed by atoms with Crippen molar-refractivity contribution in [2.24, 2.45) is 0 Å². The Labute approximate surface area is 114 Å². The van der Waals surface area contributed by atoms with Crippen LogP contribution in [0.3, 0.4) is 0 Å². The number of aromatic nitrogens is 1. The third kappa shape index (κ3) is 2.63. The van der Waals surface area contributed by atoms with Crippen molar-refractivity contribution >= 4 is 0 Å². The van der Waals surface area contributed by atoms with Crippen LogP contribution in [0, 0.1) is 11.3 Å². The summed E-state index contributed by atoms with van der Waals surface area (Å²) in [5.74, 6) is 0. The largest absolute Gasteiger partial charge is 0.312 e. The van der Waals surface area contributed by atoms with Crippen molar-refractivity contribution < 1.29 is 0 Å². The SMILES string of the molecule is N#Cc1ncccc1CN1CCCC1C1CCCN1. The molecule has 2 aliphatic heterocycles. The van der Waals surface area contributed by atoms with Gasteiger partial charge in [0.1, 0.15) is 11.8 Å². The Kier molecular flexibility index (Phi) is 3.77. The Morgan fingerprint density at radius 2 is 2.37 bits per heavy atom. The lowest BCUT2D eigenvalue weighted by Gasteiger charge is -2.29. The van der Waals surface area contributed by atoms with E-state index in [1.54, 1.807) is 6.20 Å². The molecule has 0 aromatic carbocycles. The lowest BCUT2D eigenvalue weighted by molar-refractivity contribution is 0.206. The van der Waals surface area contributed by atoms with E-state index < -0.39 is 0 Å². The van der Waals surface area contributed by atoms with Gasteiger partial charge in [-0.15, -0.1) is 0 Å². The summed E-state index contributed by atoms with van der Waals surface area (Å²) in [5, 5.41) is 12.7. The van der Waals surface area contributed by atoms with Crippen LogP contribution in [-0.4, -0.2) is 35.1 Å². The van der Waals surface area contributed by atoms with Crippen molar-refractivity contribution in [3.05, 3.63) is 29.6 Å². The average molecular weight is 256 g/mol. The highest BCUT2D eigenvalue weighted by atomic mass is 15.2. The molecular weight excluding hydrogens is 236 g/mol. The quantitative estimate of drug-likeness (QED) is 0.894. The Morgan fingerprint density at radius 1 is 1.42 bits per heavy atom. The highest BCUT2D eigenvalue weighted by Gasteiger charge is 2.33. The number of rotatable bonds is 3. The van der Waals surface area contributed by atoms with Crippen molar-refractivity contribution in [1.29, 1.82) is 5.26 Å². The Balaban J connectivity index is 1.73. The Bertz CT molecular complexity index is 473. The maximum Gasteiger partial charge on any atom is 0.144 e. The fourth-order valence-corrected chi connectivity index (χ4v) is 3.43. The minimum Gasteiger partial charge on any atom is -0.312 e. The van der Waals surface area contributed by atoms with E-state index in [1.165, 1.54) is 25.7 Å². The molecule has 0 amide bonds. The fourth-order valence-electron chi connectivity index (χ4n) is 3.43. The van der Waals surface area contributed by atoms with Crippen molar-refractivity contribution in [3.63, 3.8) is 0 Å². The van der Waals surface area contributed by atoms with Gasteiger partial charge in [-0.25, -0.2) is 4.98 Å². The number of hydrogen-bond donors (Lipinski definition) is 1. The molecule has 0 aliphatic carbocycles.